The molecule has 0 bridgehead atoms. The Morgan fingerprint density at radius 3 is 2.48 bits per heavy atom. The molecule has 1 amide bonds. The quantitative estimate of drug-likeness (QED) is 0.815. The molecule has 1 aromatic carbocycles. The van der Waals surface area contributed by atoms with Crippen molar-refractivity contribution in [3.8, 4) is 0 Å². The monoisotopic (exact) mass is 386 g/mol. The predicted molar refractivity (Wildman–Crippen MR) is 107 cm³/mol. The van der Waals surface area contributed by atoms with E-state index in [2.05, 4.69) is 12.2 Å². The number of carbonyl (C=O) groups is 1. The average Bonchev–Trinajstić information content (AvgIpc) is 2.61. The van der Waals surface area contributed by atoms with Crippen molar-refractivity contribution >= 4 is 29.1 Å². The largest absolute Gasteiger partial charge is 0.339 e. The number of nitrogens with zero attached hydrogens (tertiary/aromatic N) is 1. The predicted octanol–water partition coefficient (Wildman–Crippen LogP) is 3.39. The van der Waals surface area contributed by atoms with E-state index in [0.29, 0.717) is 18.3 Å². The van der Waals surface area contributed by atoms with Crippen LogP contribution >= 0.6 is 12.4 Å². The first-order valence-electron chi connectivity index (χ1n) is 8.80. The van der Waals surface area contributed by atoms with Gasteiger partial charge in [-0.05, 0) is 62.4 Å². The Morgan fingerprint density at radius 1 is 1.32 bits per heavy atom. The van der Waals surface area contributed by atoms with Crippen LogP contribution in [0.2, 0.25) is 0 Å². The third-order valence-corrected chi connectivity index (χ3v) is 6.24. The van der Waals surface area contributed by atoms with Crippen molar-refractivity contribution in [2.24, 2.45) is 11.8 Å². The van der Waals surface area contributed by atoms with Gasteiger partial charge in [0.05, 0.1) is 6.04 Å². The molecule has 0 radical (unpaired) electrons. The molecule has 142 valence electrons. The van der Waals surface area contributed by atoms with Gasteiger partial charge < -0.3 is 10.2 Å². The van der Waals surface area contributed by atoms with Crippen LogP contribution in [-0.2, 0) is 15.6 Å². The average molecular weight is 387 g/mol. The van der Waals surface area contributed by atoms with Gasteiger partial charge in [0.1, 0.15) is 0 Å². The maximum atomic E-state index is 12.6. The molecule has 1 N–H and O–H groups in total. The summed E-state index contributed by atoms with van der Waals surface area (Å²) in [6.45, 7) is 6.37. The van der Waals surface area contributed by atoms with E-state index >= 15 is 0 Å². The first-order valence-corrected chi connectivity index (χ1v) is 10.4. The molecule has 1 fully saturated rings. The molecule has 4 atom stereocenters. The molecule has 0 spiro atoms. The highest BCUT2D eigenvalue weighted by atomic mass is 35.5. The molecule has 0 saturated carbocycles. The highest BCUT2D eigenvalue weighted by molar-refractivity contribution is 7.84. The van der Waals surface area contributed by atoms with Gasteiger partial charge in [-0.3, -0.25) is 9.00 Å². The number of rotatable bonds is 6. The summed E-state index contributed by atoms with van der Waals surface area (Å²) in [5.74, 6) is 1.21. The van der Waals surface area contributed by atoms with Crippen LogP contribution in [0.4, 0.5) is 0 Å². The second-order valence-corrected chi connectivity index (χ2v) is 8.37. The van der Waals surface area contributed by atoms with E-state index in [0.717, 1.165) is 23.5 Å². The third kappa shape index (κ3) is 6.08. The van der Waals surface area contributed by atoms with Crippen LogP contribution in [0.5, 0.6) is 0 Å². The number of amides is 1. The van der Waals surface area contributed by atoms with Crippen molar-refractivity contribution < 1.29 is 9.00 Å². The fraction of sp³-hybridized carbons (Fsp3) is 0.632. The number of benzene rings is 1. The molecule has 1 saturated heterocycles. The van der Waals surface area contributed by atoms with Gasteiger partial charge in [-0.15, -0.1) is 12.4 Å². The number of carbonyl (C=O) groups excluding carboxylic acids is 1. The molecule has 0 aliphatic carbocycles. The summed E-state index contributed by atoms with van der Waals surface area (Å²) in [7, 11) is 0.912. The highest BCUT2D eigenvalue weighted by Gasteiger charge is 2.25. The van der Waals surface area contributed by atoms with Crippen molar-refractivity contribution in [1.29, 1.82) is 0 Å². The van der Waals surface area contributed by atoms with Crippen molar-refractivity contribution in [2.45, 2.75) is 44.0 Å². The fourth-order valence-corrected chi connectivity index (χ4v) is 3.85. The van der Waals surface area contributed by atoms with E-state index in [1.165, 1.54) is 12.8 Å². The lowest BCUT2D eigenvalue weighted by Crippen LogP contribution is -2.36. The molecule has 4 nitrogen and oxygen atoms in total. The lowest BCUT2D eigenvalue weighted by Gasteiger charge is -2.31. The van der Waals surface area contributed by atoms with Crippen LogP contribution in [-0.4, -0.2) is 41.4 Å². The molecule has 1 aliphatic heterocycles. The molecular weight excluding hydrogens is 356 g/mol. The topological polar surface area (TPSA) is 49.4 Å². The number of hydrogen-bond acceptors (Lipinski definition) is 3. The number of piperidine rings is 1. The summed E-state index contributed by atoms with van der Waals surface area (Å²) >= 11 is 0. The van der Waals surface area contributed by atoms with Gasteiger partial charge in [-0.1, -0.05) is 19.1 Å². The van der Waals surface area contributed by atoms with Crippen LogP contribution in [0.15, 0.2) is 29.2 Å². The third-order valence-electron chi connectivity index (χ3n) is 5.31. The zero-order valence-electron chi connectivity index (χ0n) is 15.7. The summed E-state index contributed by atoms with van der Waals surface area (Å²) in [6.07, 6.45) is 4.71. The van der Waals surface area contributed by atoms with Crippen LogP contribution in [0.1, 0.15) is 44.7 Å². The minimum atomic E-state index is -0.967. The van der Waals surface area contributed by atoms with Gasteiger partial charge in [0.15, 0.2) is 0 Å². The van der Waals surface area contributed by atoms with Crippen molar-refractivity contribution in [3.05, 3.63) is 29.8 Å². The minimum Gasteiger partial charge on any atom is -0.339 e. The highest BCUT2D eigenvalue weighted by Crippen LogP contribution is 2.26. The number of hydrogen-bond donors (Lipinski definition) is 1. The second-order valence-electron chi connectivity index (χ2n) is 6.99. The number of halogens is 1. The molecule has 1 aliphatic rings. The molecule has 1 heterocycles. The van der Waals surface area contributed by atoms with Gasteiger partial charge >= 0.3 is 0 Å². The Kier molecular flexibility index (Phi) is 9.11. The molecule has 2 rings (SSSR count). The van der Waals surface area contributed by atoms with Gasteiger partial charge in [0.2, 0.25) is 5.91 Å². The van der Waals surface area contributed by atoms with Gasteiger partial charge in [-0.25, -0.2) is 0 Å². The van der Waals surface area contributed by atoms with Crippen LogP contribution in [0, 0.1) is 11.8 Å². The van der Waals surface area contributed by atoms with Crippen molar-refractivity contribution in [1.82, 2.24) is 10.2 Å². The Balaban J connectivity index is 0.00000312. The second kappa shape index (κ2) is 10.3. The smallest absolute Gasteiger partial charge is 0.223 e. The van der Waals surface area contributed by atoms with Crippen molar-refractivity contribution in [2.75, 3.05) is 26.4 Å². The summed E-state index contributed by atoms with van der Waals surface area (Å²) in [4.78, 5) is 15.3. The van der Waals surface area contributed by atoms with Gasteiger partial charge in [0, 0.05) is 35.4 Å². The molecule has 25 heavy (non-hydrogen) atoms. The van der Waals surface area contributed by atoms with E-state index in [4.69, 9.17) is 0 Å². The van der Waals surface area contributed by atoms with E-state index in [1.807, 2.05) is 43.1 Å². The van der Waals surface area contributed by atoms with Crippen molar-refractivity contribution in [3.63, 3.8) is 0 Å². The van der Waals surface area contributed by atoms with Crippen LogP contribution in [0.25, 0.3) is 0 Å². The Bertz CT molecular complexity index is 573. The lowest BCUT2D eigenvalue weighted by molar-refractivity contribution is -0.133. The summed E-state index contributed by atoms with van der Waals surface area (Å²) in [5.41, 5.74) is 1.08. The van der Waals surface area contributed by atoms with E-state index in [1.54, 1.807) is 6.26 Å². The normalized spacial score (nSPS) is 20.9. The first-order chi connectivity index (χ1) is 11.4. The van der Waals surface area contributed by atoms with E-state index in [9.17, 15) is 9.00 Å². The zero-order valence-corrected chi connectivity index (χ0v) is 17.3. The maximum absolute atomic E-state index is 12.6. The molecule has 0 aromatic heterocycles. The first kappa shape index (κ1) is 22.1. The van der Waals surface area contributed by atoms with Gasteiger partial charge in [0.25, 0.3) is 0 Å². The molecule has 4 unspecified atom stereocenters. The summed E-state index contributed by atoms with van der Waals surface area (Å²) in [5, 5.41) is 3.43. The molecule has 6 heteroatoms. The SMILES string of the molecule is CC(CC(=O)N(C)C(C)c1ccc(S(C)=O)cc1)C1CCCNC1.Cl. The molecular formula is C19H31ClN2O2S. The van der Waals surface area contributed by atoms with Gasteiger partial charge in [-0.2, -0.15) is 0 Å². The van der Waals surface area contributed by atoms with Crippen LogP contribution < -0.4 is 5.32 Å². The maximum Gasteiger partial charge on any atom is 0.223 e. The standard InChI is InChI=1S/C19H30N2O2S.ClH/c1-14(17-6-5-11-20-13-17)12-19(22)21(3)15(2)16-7-9-18(10-8-16)24(4)23;/h7-10,14-15,17,20H,5-6,11-13H2,1-4H3;1H. The summed E-state index contributed by atoms with van der Waals surface area (Å²) < 4.78 is 11.5. The van der Waals surface area contributed by atoms with E-state index < -0.39 is 10.8 Å². The molecule has 1 aromatic rings. The van der Waals surface area contributed by atoms with E-state index in [-0.39, 0.29) is 24.4 Å². The lowest BCUT2D eigenvalue weighted by atomic mass is 9.85. The summed E-state index contributed by atoms with van der Waals surface area (Å²) in [6, 6.07) is 7.74. The Morgan fingerprint density at radius 2 is 1.96 bits per heavy atom. The minimum absolute atomic E-state index is 0. The Labute approximate surface area is 160 Å². The van der Waals surface area contributed by atoms with Crippen LogP contribution in [0.3, 0.4) is 0 Å². The number of nitrogens with one attached hydrogen (secondary N) is 1. The Hall–Kier alpha value is -0.910. The fourth-order valence-electron chi connectivity index (χ4n) is 3.33. The zero-order chi connectivity index (χ0) is 17.7.